The molecule has 1 aromatic heterocycles. The normalized spacial score (nSPS) is 9.93. The maximum Gasteiger partial charge on any atom is 0.286 e. The van der Waals surface area contributed by atoms with Gasteiger partial charge in [-0.25, -0.2) is 0 Å². The average molecular weight is 197 g/mol. The van der Waals surface area contributed by atoms with Gasteiger partial charge in [-0.3, -0.25) is 9.36 Å². The highest BCUT2D eigenvalue weighted by molar-refractivity contribution is 5.58. The Bertz CT molecular complexity index is 423. The second-order valence-corrected chi connectivity index (χ2v) is 3.00. The minimum Gasteiger partial charge on any atom is -0.382 e. The van der Waals surface area contributed by atoms with Gasteiger partial charge in [0.15, 0.2) is 5.82 Å². The average Bonchev–Trinajstić information content (AvgIpc) is 2.12. The van der Waals surface area contributed by atoms with Crippen LogP contribution in [-0.4, -0.2) is 23.6 Å². The second-order valence-electron chi connectivity index (χ2n) is 3.00. The molecule has 0 radical (unpaired) electrons. The number of rotatable bonds is 2. The van der Waals surface area contributed by atoms with Gasteiger partial charge in [-0.1, -0.05) is 0 Å². The van der Waals surface area contributed by atoms with Crippen LogP contribution >= 0.6 is 0 Å². The summed E-state index contributed by atoms with van der Waals surface area (Å²) in [5.41, 5.74) is 4.50. The number of hydrogen-bond donors (Lipinski definition) is 1. The lowest BCUT2D eigenvalue weighted by atomic mass is 10.4. The molecule has 1 heterocycles. The first-order valence-corrected chi connectivity index (χ1v) is 3.86. The summed E-state index contributed by atoms with van der Waals surface area (Å²) in [4.78, 5) is 27.2. The Morgan fingerprint density at radius 1 is 1.50 bits per heavy atom. The molecule has 1 rings (SSSR count). The van der Waals surface area contributed by atoms with E-state index >= 15 is 0 Å². The number of nitroso groups, excluding NO2 is 1. The predicted octanol–water partition coefficient (Wildman–Crippen LogP) is -0.174. The van der Waals surface area contributed by atoms with Crippen LogP contribution in [0.2, 0.25) is 0 Å². The molecular formula is C7H11N5O2. The van der Waals surface area contributed by atoms with Crippen molar-refractivity contribution in [3.8, 4) is 0 Å². The minimum atomic E-state index is -0.545. The summed E-state index contributed by atoms with van der Waals surface area (Å²) >= 11 is 0. The number of nitrogens with zero attached hydrogens (tertiary/aromatic N) is 4. The Kier molecular flexibility index (Phi) is 2.50. The first-order valence-electron chi connectivity index (χ1n) is 3.86. The topological polar surface area (TPSA) is 93.6 Å². The summed E-state index contributed by atoms with van der Waals surface area (Å²) in [5, 5.41) is 2.54. The van der Waals surface area contributed by atoms with Crippen LogP contribution in [0.3, 0.4) is 0 Å². The monoisotopic (exact) mass is 197 g/mol. The Labute approximate surface area is 80.1 Å². The molecule has 7 heteroatoms. The third-order valence-corrected chi connectivity index (χ3v) is 1.76. The van der Waals surface area contributed by atoms with E-state index in [-0.39, 0.29) is 11.5 Å². The Hall–Kier alpha value is -1.92. The summed E-state index contributed by atoms with van der Waals surface area (Å²) in [7, 11) is 4.93. The molecule has 1 aromatic rings. The Balaban J connectivity index is 3.56. The van der Waals surface area contributed by atoms with E-state index in [0.717, 1.165) is 0 Å². The van der Waals surface area contributed by atoms with Crippen molar-refractivity contribution in [3.05, 3.63) is 15.3 Å². The molecule has 0 saturated heterocycles. The molecule has 0 aromatic carbocycles. The van der Waals surface area contributed by atoms with Crippen LogP contribution in [0.15, 0.2) is 9.97 Å². The van der Waals surface area contributed by atoms with E-state index in [4.69, 9.17) is 5.73 Å². The van der Waals surface area contributed by atoms with Gasteiger partial charge in [0.25, 0.3) is 5.56 Å². The standard InChI is InChI=1S/C7H11N5O2/c1-11(2)7-9-5(8)4(10-14)6(13)12(7)3/h8H2,1-3H3. The molecule has 2 N–H and O–H groups in total. The number of aromatic nitrogens is 2. The lowest BCUT2D eigenvalue weighted by molar-refractivity contribution is 0.798. The van der Waals surface area contributed by atoms with Crippen molar-refractivity contribution >= 4 is 17.5 Å². The summed E-state index contributed by atoms with van der Waals surface area (Å²) in [5.74, 6) is 0.228. The van der Waals surface area contributed by atoms with E-state index < -0.39 is 5.56 Å². The van der Waals surface area contributed by atoms with E-state index in [1.807, 2.05) is 0 Å². The fourth-order valence-electron chi connectivity index (χ4n) is 1.08. The highest BCUT2D eigenvalue weighted by Crippen LogP contribution is 2.16. The van der Waals surface area contributed by atoms with Gasteiger partial charge in [0.2, 0.25) is 11.6 Å². The van der Waals surface area contributed by atoms with E-state index in [0.29, 0.717) is 5.95 Å². The van der Waals surface area contributed by atoms with Gasteiger partial charge in [-0.05, 0) is 5.18 Å². The molecule has 0 aliphatic rings. The molecule has 0 amide bonds. The molecule has 0 saturated carbocycles. The quantitative estimate of drug-likeness (QED) is 0.664. The van der Waals surface area contributed by atoms with E-state index in [9.17, 15) is 9.70 Å². The molecule has 0 unspecified atom stereocenters. The maximum atomic E-state index is 11.5. The van der Waals surface area contributed by atoms with Crippen LogP contribution in [0.1, 0.15) is 0 Å². The molecule has 0 aliphatic heterocycles. The molecule has 0 fully saturated rings. The highest BCUT2D eigenvalue weighted by Gasteiger charge is 2.13. The van der Waals surface area contributed by atoms with Gasteiger partial charge >= 0.3 is 0 Å². The molecule has 14 heavy (non-hydrogen) atoms. The zero-order chi connectivity index (χ0) is 10.9. The van der Waals surface area contributed by atoms with Gasteiger partial charge in [0, 0.05) is 21.1 Å². The number of anilines is 2. The predicted molar refractivity (Wildman–Crippen MR) is 53.7 cm³/mol. The highest BCUT2D eigenvalue weighted by atomic mass is 16.3. The Morgan fingerprint density at radius 2 is 2.07 bits per heavy atom. The smallest absolute Gasteiger partial charge is 0.286 e. The molecule has 0 aliphatic carbocycles. The molecule has 7 nitrogen and oxygen atoms in total. The van der Waals surface area contributed by atoms with Crippen molar-refractivity contribution in [3.63, 3.8) is 0 Å². The van der Waals surface area contributed by atoms with Crippen molar-refractivity contribution in [2.75, 3.05) is 24.7 Å². The third kappa shape index (κ3) is 1.43. The SMILES string of the molecule is CN(C)c1nc(N)c(N=O)c(=O)n1C. The van der Waals surface area contributed by atoms with E-state index in [1.54, 1.807) is 19.0 Å². The molecule has 0 bridgehead atoms. The van der Waals surface area contributed by atoms with Gasteiger partial charge in [0.1, 0.15) is 0 Å². The lowest BCUT2D eigenvalue weighted by Gasteiger charge is -2.15. The van der Waals surface area contributed by atoms with Crippen molar-refractivity contribution in [2.45, 2.75) is 0 Å². The second kappa shape index (κ2) is 3.44. The minimum absolute atomic E-state index is 0.146. The van der Waals surface area contributed by atoms with Crippen LogP contribution < -0.4 is 16.2 Å². The summed E-state index contributed by atoms with van der Waals surface area (Å²) in [6.45, 7) is 0. The number of hydrogen-bond acceptors (Lipinski definition) is 6. The number of nitrogens with two attached hydrogens (primary N) is 1. The molecule has 76 valence electrons. The van der Waals surface area contributed by atoms with Gasteiger partial charge in [0.05, 0.1) is 0 Å². The van der Waals surface area contributed by atoms with Gasteiger partial charge < -0.3 is 10.6 Å². The van der Waals surface area contributed by atoms with Crippen LogP contribution in [0.4, 0.5) is 17.5 Å². The summed E-state index contributed by atoms with van der Waals surface area (Å²) < 4.78 is 1.22. The van der Waals surface area contributed by atoms with Crippen molar-refractivity contribution in [2.24, 2.45) is 12.2 Å². The molecule has 0 spiro atoms. The molecular weight excluding hydrogens is 186 g/mol. The fourth-order valence-corrected chi connectivity index (χ4v) is 1.08. The lowest BCUT2D eigenvalue weighted by Crippen LogP contribution is -2.26. The molecule has 0 atom stereocenters. The zero-order valence-corrected chi connectivity index (χ0v) is 8.18. The first kappa shape index (κ1) is 10.2. The first-order chi connectivity index (χ1) is 6.49. The Morgan fingerprint density at radius 3 is 2.50 bits per heavy atom. The van der Waals surface area contributed by atoms with E-state index in [2.05, 4.69) is 10.2 Å². The zero-order valence-electron chi connectivity index (χ0n) is 8.18. The summed E-state index contributed by atoms with van der Waals surface area (Å²) in [6, 6.07) is 0. The van der Waals surface area contributed by atoms with Crippen molar-refractivity contribution in [1.29, 1.82) is 0 Å². The fraction of sp³-hybridized carbons (Fsp3) is 0.429. The largest absolute Gasteiger partial charge is 0.382 e. The van der Waals surface area contributed by atoms with Crippen LogP contribution in [0, 0.1) is 4.91 Å². The van der Waals surface area contributed by atoms with Gasteiger partial charge in [-0.15, -0.1) is 4.91 Å². The van der Waals surface area contributed by atoms with Crippen LogP contribution in [0.5, 0.6) is 0 Å². The maximum absolute atomic E-state index is 11.5. The van der Waals surface area contributed by atoms with Crippen LogP contribution in [-0.2, 0) is 7.05 Å². The van der Waals surface area contributed by atoms with Crippen molar-refractivity contribution in [1.82, 2.24) is 9.55 Å². The third-order valence-electron chi connectivity index (χ3n) is 1.76. The van der Waals surface area contributed by atoms with Crippen LogP contribution in [0.25, 0.3) is 0 Å². The number of nitrogen functional groups attached to an aromatic ring is 1. The summed E-state index contributed by atoms with van der Waals surface area (Å²) in [6.07, 6.45) is 0. The van der Waals surface area contributed by atoms with E-state index in [1.165, 1.54) is 11.6 Å². The van der Waals surface area contributed by atoms with Gasteiger partial charge in [-0.2, -0.15) is 4.98 Å². The van der Waals surface area contributed by atoms with Crippen molar-refractivity contribution < 1.29 is 0 Å².